The minimum absolute atomic E-state index is 0.361. The summed E-state index contributed by atoms with van der Waals surface area (Å²) in [7, 11) is 2.95. The van der Waals surface area contributed by atoms with E-state index in [2.05, 4.69) is 20.2 Å². The average molecular weight is 339 g/mol. The first-order valence-electron chi connectivity index (χ1n) is 7.59. The van der Waals surface area contributed by atoms with E-state index in [1.807, 2.05) is 24.3 Å². The van der Waals surface area contributed by atoms with Crippen LogP contribution in [0.25, 0.3) is 11.4 Å². The van der Waals surface area contributed by atoms with E-state index in [9.17, 15) is 4.79 Å². The highest BCUT2D eigenvalue weighted by Gasteiger charge is 2.12. The zero-order valence-corrected chi connectivity index (χ0v) is 13.9. The lowest BCUT2D eigenvalue weighted by Gasteiger charge is -2.04. The van der Waals surface area contributed by atoms with Crippen LogP contribution in [-0.2, 0) is 11.3 Å². The quantitative estimate of drug-likeness (QED) is 0.690. The number of hydrogen-bond acceptors (Lipinski definition) is 7. The number of rotatable bonds is 6. The smallest absolute Gasteiger partial charge is 0.337 e. The first-order valence-corrected chi connectivity index (χ1v) is 7.59. The zero-order chi connectivity index (χ0) is 17.6. The number of nitrogens with zero attached hydrogens (tertiary/aromatic N) is 2. The summed E-state index contributed by atoms with van der Waals surface area (Å²) in [5.74, 6) is 1.22. The minimum atomic E-state index is -0.370. The van der Waals surface area contributed by atoms with Crippen molar-refractivity contribution < 1.29 is 18.8 Å². The van der Waals surface area contributed by atoms with Gasteiger partial charge in [-0.1, -0.05) is 17.3 Å². The second-order valence-corrected chi connectivity index (χ2v) is 5.13. The Morgan fingerprint density at radius 3 is 2.60 bits per heavy atom. The van der Waals surface area contributed by atoms with Gasteiger partial charge >= 0.3 is 5.97 Å². The summed E-state index contributed by atoms with van der Waals surface area (Å²) in [5.41, 5.74) is 2.08. The van der Waals surface area contributed by atoms with E-state index in [-0.39, 0.29) is 5.97 Å². The Bertz CT molecular complexity index is 859. The number of ether oxygens (including phenoxy) is 2. The summed E-state index contributed by atoms with van der Waals surface area (Å²) in [6.07, 6.45) is 0. The van der Waals surface area contributed by atoms with E-state index in [0.29, 0.717) is 29.6 Å². The van der Waals surface area contributed by atoms with Gasteiger partial charge in [-0.05, 0) is 36.4 Å². The van der Waals surface area contributed by atoms with Gasteiger partial charge in [0, 0.05) is 5.69 Å². The first kappa shape index (κ1) is 16.5. The molecular weight excluding hydrogens is 322 g/mol. The molecule has 0 atom stereocenters. The number of para-hydroxylation sites is 1. The molecule has 0 saturated carbocycles. The minimum Gasteiger partial charge on any atom is -0.496 e. The van der Waals surface area contributed by atoms with E-state index in [0.717, 1.165) is 11.3 Å². The number of nitrogens with one attached hydrogen (secondary N) is 1. The fraction of sp³-hybridized carbons (Fsp3) is 0.167. The number of anilines is 1. The third kappa shape index (κ3) is 3.77. The molecular formula is C18H17N3O4. The summed E-state index contributed by atoms with van der Waals surface area (Å²) in [6, 6.07) is 14.4. The van der Waals surface area contributed by atoms with Gasteiger partial charge in [-0.2, -0.15) is 4.98 Å². The Balaban J connectivity index is 1.67. The Hall–Kier alpha value is -3.35. The maximum absolute atomic E-state index is 11.4. The van der Waals surface area contributed by atoms with Crippen LogP contribution in [0.1, 0.15) is 16.2 Å². The van der Waals surface area contributed by atoms with Gasteiger partial charge in [0.1, 0.15) is 5.75 Å². The number of benzene rings is 2. The van der Waals surface area contributed by atoms with E-state index in [4.69, 9.17) is 9.26 Å². The number of esters is 1. The molecule has 0 bridgehead atoms. The predicted molar refractivity (Wildman–Crippen MR) is 91.4 cm³/mol. The van der Waals surface area contributed by atoms with Gasteiger partial charge in [-0.3, -0.25) is 0 Å². The van der Waals surface area contributed by atoms with Crippen LogP contribution < -0.4 is 10.1 Å². The van der Waals surface area contributed by atoms with E-state index >= 15 is 0 Å². The van der Waals surface area contributed by atoms with E-state index in [1.54, 1.807) is 31.4 Å². The molecule has 0 aliphatic carbocycles. The van der Waals surface area contributed by atoms with Crippen LogP contribution in [0.5, 0.6) is 5.75 Å². The summed E-state index contributed by atoms with van der Waals surface area (Å²) in [5, 5.41) is 7.15. The molecule has 1 N–H and O–H groups in total. The van der Waals surface area contributed by atoms with Crippen molar-refractivity contribution in [3.63, 3.8) is 0 Å². The number of aromatic nitrogens is 2. The molecule has 0 radical (unpaired) electrons. The second kappa shape index (κ2) is 7.48. The lowest BCUT2D eigenvalue weighted by atomic mass is 10.2. The fourth-order valence-corrected chi connectivity index (χ4v) is 2.29. The molecule has 3 rings (SSSR count). The number of methoxy groups -OCH3 is 2. The van der Waals surface area contributed by atoms with Gasteiger partial charge in [0.05, 0.1) is 31.9 Å². The highest BCUT2D eigenvalue weighted by Crippen LogP contribution is 2.27. The molecule has 0 aliphatic rings. The SMILES string of the molecule is COC(=O)c1ccc(NCc2nc(-c3ccccc3OC)no2)cc1. The molecule has 0 saturated heterocycles. The second-order valence-electron chi connectivity index (χ2n) is 5.13. The average Bonchev–Trinajstić information content (AvgIpc) is 3.15. The molecule has 1 aromatic heterocycles. The first-order chi connectivity index (χ1) is 12.2. The van der Waals surface area contributed by atoms with Crippen LogP contribution >= 0.6 is 0 Å². The van der Waals surface area contributed by atoms with Crippen molar-refractivity contribution in [2.75, 3.05) is 19.5 Å². The maximum Gasteiger partial charge on any atom is 0.337 e. The van der Waals surface area contributed by atoms with Gasteiger partial charge in [-0.15, -0.1) is 0 Å². The monoisotopic (exact) mass is 339 g/mol. The van der Waals surface area contributed by atoms with Gasteiger partial charge in [-0.25, -0.2) is 4.79 Å². The van der Waals surface area contributed by atoms with Crippen LogP contribution in [0.4, 0.5) is 5.69 Å². The van der Waals surface area contributed by atoms with Crippen LogP contribution in [0.3, 0.4) is 0 Å². The maximum atomic E-state index is 11.4. The Kier molecular flexibility index (Phi) is 4.94. The molecule has 0 unspecified atom stereocenters. The lowest BCUT2D eigenvalue weighted by molar-refractivity contribution is 0.0601. The number of hydrogen-bond donors (Lipinski definition) is 1. The molecule has 7 heteroatoms. The lowest BCUT2D eigenvalue weighted by Crippen LogP contribution is -2.03. The third-order valence-electron chi connectivity index (χ3n) is 3.57. The molecule has 2 aromatic carbocycles. The van der Waals surface area contributed by atoms with Crippen molar-refractivity contribution in [3.8, 4) is 17.1 Å². The van der Waals surface area contributed by atoms with Crippen LogP contribution in [-0.4, -0.2) is 30.3 Å². The molecule has 128 valence electrons. The molecule has 0 aliphatic heterocycles. The van der Waals surface area contributed by atoms with Crippen LogP contribution in [0.15, 0.2) is 53.1 Å². The van der Waals surface area contributed by atoms with E-state index in [1.165, 1.54) is 7.11 Å². The number of carbonyl (C=O) groups is 1. The Morgan fingerprint density at radius 2 is 1.88 bits per heavy atom. The molecule has 25 heavy (non-hydrogen) atoms. The molecule has 0 spiro atoms. The highest BCUT2D eigenvalue weighted by molar-refractivity contribution is 5.89. The van der Waals surface area contributed by atoms with Crippen LogP contribution in [0.2, 0.25) is 0 Å². The topological polar surface area (TPSA) is 86.5 Å². The molecule has 3 aromatic rings. The van der Waals surface area contributed by atoms with Gasteiger partial charge < -0.3 is 19.3 Å². The zero-order valence-electron chi connectivity index (χ0n) is 13.9. The molecule has 7 nitrogen and oxygen atoms in total. The van der Waals surface area contributed by atoms with Crippen molar-refractivity contribution >= 4 is 11.7 Å². The normalized spacial score (nSPS) is 10.3. The van der Waals surface area contributed by atoms with Crippen molar-refractivity contribution in [1.29, 1.82) is 0 Å². The van der Waals surface area contributed by atoms with Gasteiger partial charge in [0.2, 0.25) is 11.7 Å². The van der Waals surface area contributed by atoms with Gasteiger partial charge in [0.25, 0.3) is 0 Å². The highest BCUT2D eigenvalue weighted by atomic mass is 16.5. The summed E-state index contributed by atoms with van der Waals surface area (Å²) >= 11 is 0. The van der Waals surface area contributed by atoms with Crippen molar-refractivity contribution in [2.45, 2.75) is 6.54 Å². The fourth-order valence-electron chi connectivity index (χ4n) is 2.29. The summed E-state index contributed by atoms with van der Waals surface area (Å²) in [6.45, 7) is 0.361. The third-order valence-corrected chi connectivity index (χ3v) is 3.57. The predicted octanol–water partition coefficient (Wildman–Crippen LogP) is 3.14. The number of carbonyl (C=O) groups excluding carboxylic acids is 1. The van der Waals surface area contributed by atoms with E-state index < -0.39 is 0 Å². The van der Waals surface area contributed by atoms with Crippen molar-refractivity contribution in [2.24, 2.45) is 0 Å². The standard InChI is InChI=1S/C18H17N3O4/c1-23-15-6-4-3-5-14(15)17-20-16(25-21-17)11-19-13-9-7-12(8-10-13)18(22)24-2/h3-10,19H,11H2,1-2H3. The summed E-state index contributed by atoms with van der Waals surface area (Å²) in [4.78, 5) is 15.8. The Labute approximate surface area is 144 Å². The molecule has 1 heterocycles. The Morgan fingerprint density at radius 1 is 1.12 bits per heavy atom. The van der Waals surface area contributed by atoms with Gasteiger partial charge in [0.15, 0.2) is 0 Å². The largest absolute Gasteiger partial charge is 0.496 e. The van der Waals surface area contributed by atoms with Crippen molar-refractivity contribution in [1.82, 2.24) is 10.1 Å². The van der Waals surface area contributed by atoms with Crippen molar-refractivity contribution in [3.05, 3.63) is 60.0 Å². The molecule has 0 amide bonds. The molecule has 0 fully saturated rings. The summed E-state index contributed by atoms with van der Waals surface area (Å²) < 4.78 is 15.2. The van der Waals surface area contributed by atoms with Crippen LogP contribution in [0, 0.1) is 0 Å².